The monoisotopic (exact) mass is 338 g/mol. The molecule has 0 radical (unpaired) electrons. The fourth-order valence-corrected chi connectivity index (χ4v) is 3.41. The molecule has 3 aromatic rings. The van der Waals surface area contributed by atoms with Crippen LogP contribution in [0, 0.1) is 6.92 Å². The standard InChI is InChI=1S/C18H18N4O3/c1-10-14-8-16(24)15(23)7-12(14)5-6-21(10)18(25)13-3-4-17-19-11(2)20-22(17)9-13/h3-4,7-10,23-24H,5-6H2,1-2H3. The Morgan fingerprint density at radius 1 is 1.24 bits per heavy atom. The quantitative estimate of drug-likeness (QED) is 0.664. The van der Waals surface area contributed by atoms with Crippen LogP contribution in [0.25, 0.3) is 5.65 Å². The third-order valence-corrected chi connectivity index (χ3v) is 4.72. The maximum Gasteiger partial charge on any atom is 0.255 e. The molecule has 0 saturated carbocycles. The molecule has 0 fully saturated rings. The van der Waals surface area contributed by atoms with E-state index in [1.807, 2.05) is 6.92 Å². The van der Waals surface area contributed by atoms with E-state index in [-0.39, 0.29) is 23.4 Å². The predicted molar refractivity (Wildman–Crippen MR) is 90.7 cm³/mol. The zero-order chi connectivity index (χ0) is 17.7. The van der Waals surface area contributed by atoms with Crippen LogP contribution in [0.2, 0.25) is 0 Å². The van der Waals surface area contributed by atoms with Crippen LogP contribution in [0.5, 0.6) is 11.5 Å². The van der Waals surface area contributed by atoms with Crippen LogP contribution in [0.15, 0.2) is 30.5 Å². The van der Waals surface area contributed by atoms with Gasteiger partial charge in [0.25, 0.3) is 5.91 Å². The van der Waals surface area contributed by atoms with Gasteiger partial charge in [0, 0.05) is 12.7 Å². The van der Waals surface area contributed by atoms with Crippen LogP contribution in [0.1, 0.15) is 40.3 Å². The molecule has 1 aromatic carbocycles. The Balaban J connectivity index is 1.68. The van der Waals surface area contributed by atoms with E-state index in [1.165, 1.54) is 0 Å². The van der Waals surface area contributed by atoms with Crippen LogP contribution in [-0.4, -0.2) is 42.2 Å². The van der Waals surface area contributed by atoms with Crippen molar-refractivity contribution in [2.24, 2.45) is 0 Å². The number of pyridine rings is 1. The predicted octanol–water partition coefficient (Wildman–Crippen LogP) is 2.21. The summed E-state index contributed by atoms with van der Waals surface area (Å²) in [5.41, 5.74) is 3.05. The number of carbonyl (C=O) groups is 1. The highest BCUT2D eigenvalue weighted by Crippen LogP contribution is 2.37. The molecule has 2 N–H and O–H groups in total. The number of aryl methyl sites for hydroxylation is 1. The lowest BCUT2D eigenvalue weighted by atomic mass is 9.92. The lowest BCUT2D eigenvalue weighted by Gasteiger charge is -2.35. The van der Waals surface area contributed by atoms with E-state index < -0.39 is 0 Å². The Morgan fingerprint density at radius 3 is 2.80 bits per heavy atom. The Kier molecular flexibility index (Phi) is 3.38. The number of nitrogens with zero attached hydrogens (tertiary/aromatic N) is 4. The van der Waals surface area contributed by atoms with Crippen molar-refractivity contribution in [2.75, 3.05) is 6.54 Å². The normalized spacial score (nSPS) is 16.9. The van der Waals surface area contributed by atoms with Gasteiger partial charge < -0.3 is 15.1 Å². The van der Waals surface area contributed by atoms with Crippen LogP contribution in [0.3, 0.4) is 0 Å². The van der Waals surface area contributed by atoms with Gasteiger partial charge in [-0.25, -0.2) is 9.50 Å². The SMILES string of the molecule is Cc1nc2ccc(C(=O)N3CCc4cc(O)c(O)cc4C3C)cn2n1. The van der Waals surface area contributed by atoms with E-state index in [9.17, 15) is 15.0 Å². The summed E-state index contributed by atoms with van der Waals surface area (Å²) in [6.07, 6.45) is 2.32. The van der Waals surface area contributed by atoms with Crippen LogP contribution < -0.4 is 0 Å². The number of aromatic nitrogens is 3. The highest BCUT2D eigenvalue weighted by Gasteiger charge is 2.29. The largest absolute Gasteiger partial charge is 0.504 e. The number of hydrogen-bond donors (Lipinski definition) is 2. The number of rotatable bonds is 1. The highest BCUT2D eigenvalue weighted by atomic mass is 16.3. The van der Waals surface area contributed by atoms with Gasteiger partial charge in [-0.05, 0) is 55.7 Å². The zero-order valence-corrected chi connectivity index (χ0v) is 14.0. The number of benzene rings is 1. The summed E-state index contributed by atoms with van der Waals surface area (Å²) in [6.45, 7) is 4.27. The maximum absolute atomic E-state index is 13.0. The minimum Gasteiger partial charge on any atom is -0.504 e. The van der Waals surface area contributed by atoms with E-state index in [0.29, 0.717) is 30.0 Å². The molecule has 3 heterocycles. The zero-order valence-electron chi connectivity index (χ0n) is 14.0. The summed E-state index contributed by atoms with van der Waals surface area (Å²) in [7, 11) is 0. The first kappa shape index (κ1) is 15.4. The molecule has 1 unspecified atom stereocenters. The number of fused-ring (bicyclic) bond motifs is 2. The second kappa shape index (κ2) is 5.47. The van der Waals surface area contributed by atoms with Gasteiger partial charge in [-0.3, -0.25) is 4.79 Å². The van der Waals surface area contributed by atoms with Crippen molar-refractivity contribution in [3.8, 4) is 11.5 Å². The number of amides is 1. The molecule has 128 valence electrons. The van der Waals surface area contributed by atoms with Crippen molar-refractivity contribution >= 4 is 11.6 Å². The molecule has 0 saturated heterocycles. The number of phenols is 2. The summed E-state index contributed by atoms with van der Waals surface area (Å²) in [4.78, 5) is 19.0. The van der Waals surface area contributed by atoms with E-state index in [2.05, 4.69) is 10.1 Å². The molecular formula is C18H18N4O3. The van der Waals surface area contributed by atoms with Gasteiger partial charge in [0.2, 0.25) is 0 Å². The molecule has 2 aromatic heterocycles. The number of hydrogen-bond acceptors (Lipinski definition) is 5. The minimum atomic E-state index is -0.198. The first-order chi connectivity index (χ1) is 11.9. The Hall–Kier alpha value is -3.09. The average Bonchev–Trinajstić information content (AvgIpc) is 2.95. The Bertz CT molecular complexity index is 995. The molecule has 0 bridgehead atoms. The topological polar surface area (TPSA) is 91.0 Å². The lowest BCUT2D eigenvalue weighted by molar-refractivity contribution is 0.0676. The first-order valence-corrected chi connectivity index (χ1v) is 8.13. The van der Waals surface area contributed by atoms with Gasteiger partial charge in [0.15, 0.2) is 17.1 Å². The third kappa shape index (κ3) is 2.48. The van der Waals surface area contributed by atoms with Crippen molar-refractivity contribution in [2.45, 2.75) is 26.3 Å². The molecule has 0 aliphatic carbocycles. The summed E-state index contributed by atoms with van der Waals surface area (Å²) in [6, 6.07) is 6.45. The molecule has 4 rings (SSSR count). The number of phenolic OH excluding ortho intramolecular Hbond substituents is 2. The molecule has 7 heteroatoms. The maximum atomic E-state index is 13.0. The highest BCUT2D eigenvalue weighted by molar-refractivity contribution is 5.94. The van der Waals surface area contributed by atoms with E-state index in [1.54, 1.807) is 46.8 Å². The van der Waals surface area contributed by atoms with Crippen molar-refractivity contribution in [1.82, 2.24) is 19.5 Å². The average molecular weight is 338 g/mol. The van der Waals surface area contributed by atoms with Crippen LogP contribution in [-0.2, 0) is 6.42 Å². The van der Waals surface area contributed by atoms with Gasteiger partial charge in [-0.15, -0.1) is 0 Å². The summed E-state index contributed by atoms with van der Waals surface area (Å²) < 4.78 is 1.61. The third-order valence-electron chi connectivity index (χ3n) is 4.72. The lowest BCUT2D eigenvalue weighted by Crippen LogP contribution is -2.38. The smallest absolute Gasteiger partial charge is 0.255 e. The molecule has 1 atom stereocenters. The van der Waals surface area contributed by atoms with Crippen LogP contribution >= 0.6 is 0 Å². The Morgan fingerprint density at radius 2 is 2.00 bits per heavy atom. The van der Waals surface area contributed by atoms with Gasteiger partial charge in [-0.2, -0.15) is 5.10 Å². The molecule has 0 spiro atoms. The van der Waals surface area contributed by atoms with E-state index in [4.69, 9.17) is 0 Å². The summed E-state index contributed by atoms with van der Waals surface area (Å²) in [5.74, 6) is 0.262. The van der Waals surface area contributed by atoms with Gasteiger partial charge >= 0.3 is 0 Å². The fraction of sp³-hybridized carbons (Fsp3) is 0.278. The molecule has 1 amide bonds. The molecule has 25 heavy (non-hydrogen) atoms. The summed E-state index contributed by atoms with van der Waals surface area (Å²) >= 11 is 0. The summed E-state index contributed by atoms with van der Waals surface area (Å²) in [5, 5.41) is 23.7. The minimum absolute atomic E-state index is 0.0965. The number of aromatic hydroxyl groups is 2. The number of carbonyl (C=O) groups excluding carboxylic acids is 1. The molecule has 7 nitrogen and oxygen atoms in total. The molecule has 1 aliphatic rings. The van der Waals surface area contributed by atoms with Crippen molar-refractivity contribution in [1.29, 1.82) is 0 Å². The second-order valence-electron chi connectivity index (χ2n) is 6.34. The molecule has 1 aliphatic heterocycles. The van der Waals surface area contributed by atoms with Crippen molar-refractivity contribution in [3.05, 3.63) is 53.0 Å². The van der Waals surface area contributed by atoms with Gasteiger partial charge in [-0.1, -0.05) is 0 Å². The Labute approximate surface area is 144 Å². The van der Waals surface area contributed by atoms with E-state index >= 15 is 0 Å². The second-order valence-corrected chi connectivity index (χ2v) is 6.34. The van der Waals surface area contributed by atoms with Crippen molar-refractivity contribution < 1.29 is 15.0 Å². The molecular weight excluding hydrogens is 320 g/mol. The van der Waals surface area contributed by atoms with Crippen molar-refractivity contribution in [3.63, 3.8) is 0 Å². The first-order valence-electron chi connectivity index (χ1n) is 8.13. The van der Waals surface area contributed by atoms with Gasteiger partial charge in [0.1, 0.15) is 5.82 Å². The van der Waals surface area contributed by atoms with E-state index in [0.717, 1.165) is 11.1 Å². The fourth-order valence-electron chi connectivity index (χ4n) is 3.41. The van der Waals surface area contributed by atoms with Gasteiger partial charge in [0.05, 0.1) is 11.6 Å². The van der Waals surface area contributed by atoms with Crippen LogP contribution in [0.4, 0.5) is 0 Å².